The van der Waals surface area contributed by atoms with Gasteiger partial charge in [-0.15, -0.1) is 0 Å². The number of nitrogens with one attached hydrogen (secondary N) is 2. The van der Waals surface area contributed by atoms with E-state index in [0.29, 0.717) is 6.10 Å². The molecule has 1 saturated heterocycles. The molecule has 4 nitrogen and oxygen atoms in total. The number of rotatable bonds is 5. The van der Waals surface area contributed by atoms with Crippen molar-refractivity contribution in [1.29, 1.82) is 0 Å². The first-order valence-electron chi connectivity index (χ1n) is 5.67. The molecule has 0 amide bonds. The van der Waals surface area contributed by atoms with Crippen molar-refractivity contribution in [1.82, 2.24) is 15.5 Å². The van der Waals surface area contributed by atoms with Crippen molar-refractivity contribution in [2.24, 2.45) is 0 Å². The van der Waals surface area contributed by atoms with E-state index in [-0.39, 0.29) is 0 Å². The molecule has 15 heavy (non-hydrogen) atoms. The number of hydrogen-bond acceptors (Lipinski definition) is 3. The first kappa shape index (κ1) is 10.6. The Labute approximate surface area is 90.4 Å². The zero-order valence-electron chi connectivity index (χ0n) is 9.25. The summed E-state index contributed by atoms with van der Waals surface area (Å²) in [5.41, 5.74) is 2.40. The maximum absolute atomic E-state index is 5.56. The summed E-state index contributed by atoms with van der Waals surface area (Å²) in [6.07, 6.45) is 5.95. The van der Waals surface area contributed by atoms with Crippen LogP contribution in [0.3, 0.4) is 0 Å². The van der Waals surface area contributed by atoms with E-state index in [0.717, 1.165) is 31.8 Å². The van der Waals surface area contributed by atoms with E-state index in [1.54, 1.807) is 0 Å². The standard InChI is InChI=1S/C11H19N3O/c1-9-10(8-13-14-9)7-12-5-4-11-3-2-6-15-11/h8,11-12H,2-7H2,1H3,(H,13,14)/t11-/m1/s1. The maximum atomic E-state index is 5.56. The summed E-state index contributed by atoms with van der Waals surface area (Å²) in [6, 6.07) is 0. The normalized spacial score (nSPS) is 21.0. The Morgan fingerprint density at radius 2 is 2.60 bits per heavy atom. The third kappa shape index (κ3) is 3.04. The Kier molecular flexibility index (Phi) is 3.75. The summed E-state index contributed by atoms with van der Waals surface area (Å²) >= 11 is 0. The van der Waals surface area contributed by atoms with Crippen molar-refractivity contribution >= 4 is 0 Å². The second-order valence-corrected chi connectivity index (χ2v) is 4.12. The Morgan fingerprint density at radius 1 is 1.67 bits per heavy atom. The van der Waals surface area contributed by atoms with Gasteiger partial charge in [0.2, 0.25) is 0 Å². The lowest BCUT2D eigenvalue weighted by Gasteiger charge is -2.09. The van der Waals surface area contributed by atoms with Gasteiger partial charge in [-0.05, 0) is 32.7 Å². The van der Waals surface area contributed by atoms with Crippen LogP contribution < -0.4 is 5.32 Å². The van der Waals surface area contributed by atoms with Gasteiger partial charge < -0.3 is 10.1 Å². The lowest BCUT2D eigenvalue weighted by molar-refractivity contribution is 0.104. The van der Waals surface area contributed by atoms with Crippen molar-refractivity contribution in [2.45, 2.75) is 38.8 Å². The van der Waals surface area contributed by atoms with Gasteiger partial charge in [-0.2, -0.15) is 5.10 Å². The monoisotopic (exact) mass is 209 g/mol. The predicted molar refractivity (Wildman–Crippen MR) is 58.6 cm³/mol. The fourth-order valence-electron chi connectivity index (χ4n) is 1.91. The Bertz CT molecular complexity index is 292. The predicted octanol–water partition coefficient (Wildman–Crippen LogP) is 1.38. The molecule has 2 rings (SSSR count). The van der Waals surface area contributed by atoms with Gasteiger partial charge in [0.1, 0.15) is 0 Å². The molecular formula is C11H19N3O. The molecule has 0 spiro atoms. The van der Waals surface area contributed by atoms with Crippen LogP contribution in [0.4, 0.5) is 0 Å². The van der Waals surface area contributed by atoms with Crippen molar-refractivity contribution in [2.75, 3.05) is 13.2 Å². The van der Waals surface area contributed by atoms with E-state index in [1.807, 2.05) is 13.1 Å². The van der Waals surface area contributed by atoms with Crippen LogP contribution in [0.2, 0.25) is 0 Å². The Morgan fingerprint density at radius 3 is 3.27 bits per heavy atom. The minimum Gasteiger partial charge on any atom is -0.378 e. The molecule has 0 saturated carbocycles. The molecule has 1 aliphatic heterocycles. The van der Waals surface area contributed by atoms with Gasteiger partial charge in [0, 0.05) is 24.4 Å². The van der Waals surface area contributed by atoms with E-state index >= 15 is 0 Å². The van der Waals surface area contributed by atoms with Crippen LogP contribution in [0.5, 0.6) is 0 Å². The van der Waals surface area contributed by atoms with Crippen molar-refractivity contribution in [3.63, 3.8) is 0 Å². The molecule has 4 heteroatoms. The largest absolute Gasteiger partial charge is 0.378 e. The lowest BCUT2D eigenvalue weighted by atomic mass is 10.2. The van der Waals surface area contributed by atoms with Gasteiger partial charge in [0.05, 0.1) is 12.3 Å². The summed E-state index contributed by atoms with van der Waals surface area (Å²) < 4.78 is 5.56. The molecular weight excluding hydrogens is 190 g/mol. The number of hydrogen-bond donors (Lipinski definition) is 2. The number of aryl methyl sites for hydroxylation is 1. The van der Waals surface area contributed by atoms with Crippen LogP contribution in [-0.2, 0) is 11.3 Å². The average molecular weight is 209 g/mol. The summed E-state index contributed by atoms with van der Waals surface area (Å²) in [4.78, 5) is 0. The van der Waals surface area contributed by atoms with E-state index in [4.69, 9.17) is 4.74 Å². The highest BCUT2D eigenvalue weighted by Gasteiger charge is 2.14. The average Bonchev–Trinajstić information content (AvgIpc) is 2.85. The smallest absolute Gasteiger partial charge is 0.0588 e. The molecule has 2 N–H and O–H groups in total. The second-order valence-electron chi connectivity index (χ2n) is 4.12. The first-order chi connectivity index (χ1) is 7.36. The van der Waals surface area contributed by atoms with Crippen LogP contribution in [0.15, 0.2) is 6.20 Å². The van der Waals surface area contributed by atoms with Gasteiger partial charge in [0.15, 0.2) is 0 Å². The van der Waals surface area contributed by atoms with Crippen LogP contribution in [-0.4, -0.2) is 29.5 Å². The van der Waals surface area contributed by atoms with E-state index < -0.39 is 0 Å². The van der Waals surface area contributed by atoms with Crippen molar-refractivity contribution < 1.29 is 4.74 Å². The lowest BCUT2D eigenvalue weighted by Crippen LogP contribution is -2.19. The summed E-state index contributed by atoms with van der Waals surface area (Å²) in [5.74, 6) is 0. The van der Waals surface area contributed by atoms with Gasteiger partial charge in [-0.3, -0.25) is 5.10 Å². The maximum Gasteiger partial charge on any atom is 0.0588 e. The molecule has 2 heterocycles. The molecule has 84 valence electrons. The molecule has 0 aliphatic carbocycles. The molecule has 1 aromatic heterocycles. The van der Waals surface area contributed by atoms with Crippen LogP contribution >= 0.6 is 0 Å². The Balaban J connectivity index is 1.60. The molecule has 0 bridgehead atoms. The third-order valence-corrected chi connectivity index (χ3v) is 2.92. The van der Waals surface area contributed by atoms with Gasteiger partial charge in [0.25, 0.3) is 0 Å². The fourth-order valence-corrected chi connectivity index (χ4v) is 1.91. The summed E-state index contributed by atoms with van der Waals surface area (Å²) in [7, 11) is 0. The molecule has 0 aromatic carbocycles. The first-order valence-corrected chi connectivity index (χ1v) is 5.67. The third-order valence-electron chi connectivity index (χ3n) is 2.92. The number of H-pyrrole nitrogens is 1. The molecule has 0 unspecified atom stereocenters. The highest BCUT2D eigenvalue weighted by Crippen LogP contribution is 2.14. The summed E-state index contributed by atoms with van der Waals surface area (Å²) in [5, 5.41) is 10.3. The topological polar surface area (TPSA) is 49.9 Å². The number of aromatic nitrogens is 2. The zero-order valence-corrected chi connectivity index (χ0v) is 9.25. The van der Waals surface area contributed by atoms with E-state index in [1.165, 1.54) is 18.4 Å². The fraction of sp³-hybridized carbons (Fsp3) is 0.727. The van der Waals surface area contributed by atoms with Gasteiger partial charge >= 0.3 is 0 Å². The zero-order chi connectivity index (χ0) is 10.5. The number of ether oxygens (including phenoxy) is 1. The Hall–Kier alpha value is -0.870. The number of nitrogens with zero attached hydrogens (tertiary/aromatic N) is 1. The van der Waals surface area contributed by atoms with Crippen LogP contribution in [0, 0.1) is 6.92 Å². The molecule has 1 atom stereocenters. The molecule has 1 aliphatic rings. The van der Waals surface area contributed by atoms with Gasteiger partial charge in [-0.25, -0.2) is 0 Å². The van der Waals surface area contributed by atoms with E-state index in [2.05, 4.69) is 15.5 Å². The summed E-state index contributed by atoms with van der Waals surface area (Å²) in [6.45, 7) is 4.92. The van der Waals surface area contributed by atoms with Crippen molar-refractivity contribution in [3.8, 4) is 0 Å². The molecule has 0 radical (unpaired) electrons. The minimum atomic E-state index is 0.489. The van der Waals surface area contributed by atoms with Gasteiger partial charge in [-0.1, -0.05) is 0 Å². The van der Waals surface area contributed by atoms with Crippen LogP contribution in [0.25, 0.3) is 0 Å². The molecule has 1 aromatic rings. The molecule has 1 fully saturated rings. The van der Waals surface area contributed by atoms with Crippen molar-refractivity contribution in [3.05, 3.63) is 17.5 Å². The number of aromatic amines is 1. The highest BCUT2D eigenvalue weighted by molar-refractivity contribution is 5.13. The minimum absolute atomic E-state index is 0.489. The quantitative estimate of drug-likeness (QED) is 0.720. The van der Waals surface area contributed by atoms with E-state index in [9.17, 15) is 0 Å². The van der Waals surface area contributed by atoms with Crippen LogP contribution in [0.1, 0.15) is 30.5 Å². The second kappa shape index (κ2) is 5.28. The highest BCUT2D eigenvalue weighted by atomic mass is 16.5. The SMILES string of the molecule is Cc1[nH]ncc1CNCC[C@H]1CCCO1.